The highest BCUT2D eigenvalue weighted by atomic mass is 16.5. The number of nitrogens with zero attached hydrogens (tertiary/aromatic N) is 1. The number of rotatable bonds is 4. The van der Waals surface area contributed by atoms with E-state index in [9.17, 15) is 9.59 Å². The number of nitrogens with one attached hydrogen (secondary N) is 1. The van der Waals surface area contributed by atoms with Gasteiger partial charge in [-0.25, -0.2) is 0 Å². The van der Waals surface area contributed by atoms with E-state index in [0.29, 0.717) is 24.3 Å². The topological polar surface area (TPSA) is 58.6 Å². The van der Waals surface area contributed by atoms with Gasteiger partial charge in [0, 0.05) is 19.0 Å². The van der Waals surface area contributed by atoms with Gasteiger partial charge in [0.25, 0.3) is 0 Å². The fourth-order valence-electron chi connectivity index (χ4n) is 2.44. The summed E-state index contributed by atoms with van der Waals surface area (Å²) in [5.74, 6) is 0.779. The molecule has 1 N–H and O–H groups in total. The lowest BCUT2D eigenvalue weighted by Crippen LogP contribution is -2.25. The van der Waals surface area contributed by atoms with Crippen LogP contribution < -0.4 is 15.0 Å². The van der Waals surface area contributed by atoms with E-state index < -0.39 is 0 Å². The Labute approximate surface area is 118 Å². The molecule has 0 radical (unpaired) electrons. The van der Waals surface area contributed by atoms with Gasteiger partial charge in [-0.05, 0) is 38.8 Å². The van der Waals surface area contributed by atoms with Crippen LogP contribution in [0.25, 0.3) is 0 Å². The van der Waals surface area contributed by atoms with Crippen LogP contribution in [0.3, 0.4) is 0 Å². The molecule has 0 aromatic heterocycles. The number of carbonyl (C=O) groups is 2. The van der Waals surface area contributed by atoms with Crippen molar-refractivity contribution in [1.82, 2.24) is 0 Å². The SMILES string of the molecule is CC(C)Oc1c(NC=O)ccc2c1CCCC(=O)N2C. The summed E-state index contributed by atoms with van der Waals surface area (Å²) in [6.07, 6.45) is 2.72. The van der Waals surface area contributed by atoms with Gasteiger partial charge < -0.3 is 15.0 Å². The highest BCUT2D eigenvalue weighted by Crippen LogP contribution is 2.39. The minimum absolute atomic E-state index is 0.00189. The van der Waals surface area contributed by atoms with Gasteiger partial charge in [0.2, 0.25) is 12.3 Å². The molecule has 2 rings (SSSR count). The second-order valence-electron chi connectivity index (χ2n) is 5.18. The summed E-state index contributed by atoms with van der Waals surface area (Å²) < 4.78 is 5.88. The van der Waals surface area contributed by atoms with Crippen LogP contribution in [0.15, 0.2) is 12.1 Å². The Morgan fingerprint density at radius 3 is 2.75 bits per heavy atom. The number of carbonyl (C=O) groups excluding carboxylic acids is 2. The first kappa shape index (κ1) is 14.4. The Morgan fingerprint density at radius 2 is 2.10 bits per heavy atom. The van der Waals surface area contributed by atoms with E-state index in [0.717, 1.165) is 24.1 Å². The van der Waals surface area contributed by atoms with Gasteiger partial charge in [-0.2, -0.15) is 0 Å². The normalized spacial score (nSPS) is 14.8. The highest BCUT2D eigenvalue weighted by molar-refractivity contribution is 5.95. The predicted octanol–water partition coefficient (Wildman–Crippen LogP) is 2.34. The van der Waals surface area contributed by atoms with Crippen LogP contribution in [-0.4, -0.2) is 25.5 Å². The maximum absolute atomic E-state index is 11.9. The van der Waals surface area contributed by atoms with Gasteiger partial charge >= 0.3 is 0 Å². The van der Waals surface area contributed by atoms with Crippen LogP contribution in [0, 0.1) is 0 Å². The zero-order chi connectivity index (χ0) is 14.7. The summed E-state index contributed by atoms with van der Waals surface area (Å²) in [5.41, 5.74) is 2.49. The maximum Gasteiger partial charge on any atom is 0.226 e. The summed E-state index contributed by atoms with van der Waals surface area (Å²) in [6, 6.07) is 3.64. The minimum Gasteiger partial charge on any atom is -0.488 e. The molecule has 0 aliphatic carbocycles. The zero-order valence-electron chi connectivity index (χ0n) is 12.1. The van der Waals surface area contributed by atoms with Crippen molar-refractivity contribution in [3.05, 3.63) is 17.7 Å². The van der Waals surface area contributed by atoms with Gasteiger partial charge in [-0.15, -0.1) is 0 Å². The van der Waals surface area contributed by atoms with E-state index >= 15 is 0 Å². The van der Waals surface area contributed by atoms with Gasteiger partial charge in [0.1, 0.15) is 5.75 Å². The number of ether oxygens (including phenoxy) is 1. The molecule has 20 heavy (non-hydrogen) atoms. The Bertz CT molecular complexity index is 526. The summed E-state index contributed by atoms with van der Waals surface area (Å²) in [7, 11) is 1.78. The number of amides is 2. The van der Waals surface area contributed by atoms with Crippen molar-refractivity contribution in [2.24, 2.45) is 0 Å². The molecular formula is C15H20N2O3. The summed E-state index contributed by atoms with van der Waals surface area (Å²) in [4.78, 5) is 24.3. The molecule has 0 saturated carbocycles. The third kappa shape index (κ3) is 2.76. The van der Waals surface area contributed by atoms with Crippen molar-refractivity contribution >= 4 is 23.7 Å². The summed E-state index contributed by atoms with van der Waals surface area (Å²) >= 11 is 0. The second kappa shape index (κ2) is 5.94. The zero-order valence-corrected chi connectivity index (χ0v) is 12.1. The molecule has 1 aromatic carbocycles. The fourth-order valence-corrected chi connectivity index (χ4v) is 2.44. The average Bonchev–Trinajstić information content (AvgIpc) is 2.53. The third-order valence-electron chi connectivity index (χ3n) is 3.36. The Kier molecular flexibility index (Phi) is 4.27. The van der Waals surface area contributed by atoms with Crippen molar-refractivity contribution in [3.8, 4) is 5.75 Å². The predicted molar refractivity (Wildman–Crippen MR) is 78.2 cm³/mol. The molecule has 0 spiro atoms. The van der Waals surface area contributed by atoms with E-state index in [1.807, 2.05) is 19.9 Å². The van der Waals surface area contributed by atoms with E-state index in [1.54, 1.807) is 18.0 Å². The van der Waals surface area contributed by atoms with Crippen molar-refractivity contribution in [1.29, 1.82) is 0 Å². The van der Waals surface area contributed by atoms with Gasteiger partial charge in [-0.3, -0.25) is 9.59 Å². The molecule has 1 aliphatic heterocycles. The molecule has 1 aliphatic rings. The molecular weight excluding hydrogens is 256 g/mol. The average molecular weight is 276 g/mol. The number of hydrogen-bond acceptors (Lipinski definition) is 3. The molecule has 1 heterocycles. The first-order chi connectivity index (χ1) is 9.54. The van der Waals surface area contributed by atoms with Crippen molar-refractivity contribution in [2.75, 3.05) is 17.3 Å². The Hall–Kier alpha value is -2.04. The van der Waals surface area contributed by atoms with Crippen LogP contribution >= 0.6 is 0 Å². The van der Waals surface area contributed by atoms with Crippen molar-refractivity contribution in [3.63, 3.8) is 0 Å². The standard InChI is InChI=1S/C15H20N2O3/c1-10(2)20-15-11-5-4-6-14(19)17(3)13(11)8-7-12(15)16-9-18/h7-10H,4-6H2,1-3H3,(H,16,18). The lowest BCUT2D eigenvalue weighted by Gasteiger charge is -2.23. The first-order valence-corrected chi connectivity index (χ1v) is 6.84. The molecule has 2 amide bonds. The molecule has 0 atom stereocenters. The monoisotopic (exact) mass is 276 g/mol. The third-order valence-corrected chi connectivity index (χ3v) is 3.36. The molecule has 5 nitrogen and oxygen atoms in total. The van der Waals surface area contributed by atoms with Crippen LogP contribution in [0.5, 0.6) is 5.75 Å². The number of anilines is 2. The van der Waals surface area contributed by atoms with Gasteiger partial charge in [0.05, 0.1) is 17.5 Å². The number of hydrogen-bond donors (Lipinski definition) is 1. The second-order valence-corrected chi connectivity index (χ2v) is 5.18. The molecule has 0 fully saturated rings. The fraction of sp³-hybridized carbons (Fsp3) is 0.467. The summed E-state index contributed by atoms with van der Waals surface area (Å²) in [6.45, 7) is 3.88. The molecule has 5 heteroatoms. The minimum atomic E-state index is -0.00189. The lowest BCUT2D eigenvalue weighted by molar-refractivity contribution is -0.118. The maximum atomic E-state index is 11.9. The van der Waals surface area contributed by atoms with E-state index in [2.05, 4.69) is 5.32 Å². The van der Waals surface area contributed by atoms with E-state index in [-0.39, 0.29) is 12.0 Å². The largest absolute Gasteiger partial charge is 0.488 e. The smallest absolute Gasteiger partial charge is 0.226 e. The quantitative estimate of drug-likeness (QED) is 0.859. The van der Waals surface area contributed by atoms with Gasteiger partial charge in [0.15, 0.2) is 0 Å². The molecule has 108 valence electrons. The highest BCUT2D eigenvalue weighted by Gasteiger charge is 2.24. The van der Waals surface area contributed by atoms with Crippen LogP contribution in [-0.2, 0) is 16.0 Å². The van der Waals surface area contributed by atoms with E-state index in [1.165, 1.54) is 0 Å². The number of fused-ring (bicyclic) bond motifs is 1. The van der Waals surface area contributed by atoms with Crippen LogP contribution in [0.4, 0.5) is 11.4 Å². The van der Waals surface area contributed by atoms with Crippen LogP contribution in [0.2, 0.25) is 0 Å². The summed E-state index contributed by atoms with van der Waals surface area (Å²) in [5, 5.41) is 2.67. The molecule has 0 saturated heterocycles. The molecule has 0 unspecified atom stereocenters. The van der Waals surface area contributed by atoms with Gasteiger partial charge in [-0.1, -0.05) is 0 Å². The van der Waals surface area contributed by atoms with Crippen LogP contribution in [0.1, 0.15) is 32.3 Å². The molecule has 0 bridgehead atoms. The van der Waals surface area contributed by atoms with Crippen molar-refractivity contribution in [2.45, 2.75) is 39.2 Å². The Balaban J connectivity index is 2.54. The first-order valence-electron chi connectivity index (χ1n) is 6.84. The Morgan fingerprint density at radius 1 is 1.35 bits per heavy atom. The molecule has 1 aromatic rings. The van der Waals surface area contributed by atoms with E-state index in [4.69, 9.17) is 4.74 Å². The number of benzene rings is 1. The lowest BCUT2D eigenvalue weighted by atomic mass is 10.0. The van der Waals surface area contributed by atoms with Crippen molar-refractivity contribution < 1.29 is 14.3 Å².